The van der Waals surface area contributed by atoms with E-state index in [2.05, 4.69) is 11.8 Å². The predicted molar refractivity (Wildman–Crippen MR) is 154 cm³/mol. The van der Waals surface area contributed by atoms with Crippen molar-refractivity contribution in [2.45, 2.75) is 29.7 Å². The summed E-state index contributed by atoms with van der Waals surface area (Å²) in [5.41, 5.74) is 2.90. The smallest absolute Gasteiger partial charge is 0.268 e. The fourth-order valence-corrected chi connectivity index (χ4v) is 6.82. The second-order valence-electron chi connectivity index (χ2n) is 9.34. The van der Waals surface area contributed by atoms with Gasteiger partial charge in [0.05, 0.1) is 15.3 Å². The topological polar surface area (TPSA) is 96.7 Å². The van der Waals surface area contributed by atoms with E-state index in [9.17, 15) is 22.0 Å². The third-order valence-electron chi connectivity index (χ3n) is 6.49. The Hall–Kier alpha value is -4.20. The molecule has 4 aromatic carbocycles. The highest BCUT2D eigenvalue weighted by Gasteiger charge is 2.34. The average Bonchev–Trinajstić information content (AvgIpc) is 3.34. The van der Waals surface area contributed by atoms with Gasteiger partial charge in [0.15, 0.2) is 0 Å². The van der Waals surface area contributed by atoms with Crippen molar-refractivity contribution >= 4 is 30.9 Å². The van der Waals surface area contributed by atoms with Gasteiger partial charge in [-0.25, -0.2) is 20.8 Å². The van der Waals surface area contributed by atoms with Crippen molar-refractivity contribution in [2.75, 3.05) is 0 Å². The van der Waals surface area contributed by atoms with Gasteiger partial charge in [-0.1, -0.05) is 88.1 Å². The number of hydrogen-bond acceptors (Lipinski definition) is 5. The zero-order valence-corrected chi connectivity index (χ0v) is 23.4. The summed E-state index contributed by atoms with van der Waals surface area (Å²) in [6.07, 6.45) is 1.33. The Morgan fingerprint density at radius 2 is 1.27 bits per heavy atom. The fraction of sp³-hybridized carbons (Fsp3) is 0.0968. The second-order valence-corrected chi connectivity index (χ2v) is 13.0. The SMILES string of the molecule is Cc1ccc(S(=O)(=O)N(O)C(C#Cc2ccccc2)c2cn(S(=O)(=O)c3ccc(C)cc3)c3ccccc23)cc1. The lowest BCUT2D eigenvalue weighted by Gasteiger charge is -2.21. The molecule has 1 atom stereocenters. The molecule has 5 rings (SSSR count). The molecular weight excluding hydrogens is 544 g/mol. The number of rotatable bonds is 6. The molecule has 40 heavy (non-hydrogen) atoms. The first-order valence-electron chi connectivity index (χ1n) is 12.4. The van der Waals surface area contributed by atoms with Gasteiger partial charge < -0.3 is 0 Å². The van der Waals surface area contributed by atoms with Crippen molar-refractivity contribution in [3.63, 3.8) is 0 Å². The van der Waals surface area contributed by atoms with Crippen molar-refractivity contribution in [1.29, 1.82) is 0 Å². The Kier molecular flexibility index (Phi) is 7.36. The van der Waals surface area contributed by atoms with E-state index >= 15 is 0 Å². The number of fused-ring (bicyclic) bond motifs is 1. The zero-order valence-electron chi connectivity index (χ0n) is 21.8. The van der Waals surface area contributed by atoms with Crippen LogP contribution < -0.4 is 0 Å². The summed E-state index contributed by atoms with van der Waals surface area (Å²) >= 11 is 0. The van der Waals surface area contributed by atoms with E-state index in [0.717, 1.165) is 15.1 Å². The number of aryl methyl sites for hydroxylation is 2. The standard InChI is InChI=1S/C31H26N2O5S2/c1-23-12-17-26(18-13-23)39(35,36)32-22-29(28-10-6-7-11-30(28)32)31(21-16-25-8-4-3-5-9-25)33(34)40(37,38)27-19-14-24(2)15-20-27/h3-15,17-20,22,31,34H,1-2H3. The molecule has 0 spiro atoms. The van der Waals surface area contributed by atoms with Crippen LogP contribution in [0.15, 0.2) is 119 Å². The summed E-state index contributed by atoms with van der Waals surface area (Å²) < 4.78 is 55.9. The minimum Gasteiger partial charge on any atom is -0.298 e. The highest BCUT2D eigenvalue weighted by molar-refractivity contribution is 7.90. The van der Waals surface area contributed by atoms with E-state index < -0.39 is 26.1 Å². The fourth-order valence-electron chi connectivity index (χ4n) is 4.30. The molecular formula is C31H26N2O5S2. The van der Waals surface area contributed by atoms with Crippen LogP contribution in [-0.4, -0.2) is 30.5 Å². The Labute approximate surface area is 234 Å². The molecule has 0 aliphatic carbocycles. The Morgan fingerprint density at radius 3 is 1.90 bits per heavy atom. The number of para-hydroxylation sites is 1. The second kappa shape index (κ2) is 10.8. The first kappa shape index (κ1) is 27.4. The summed E-state index contributed by atoms with van der Waals surface area (Å²) in [6, 6.07) is 26.7. The van der Waals surface area contributed by atoms with Gasteiger partial charge in [-0.05, 0) is 56.3 Å². The minimum absolute atomic E-state index is 0.0745. The van der Waals surface area contributed by atoms with E-state index in [-0.39, 0.29) is 19.8 Å². The molecule has 0 aliphatic heterocycles. The molecule has 1 heterocycles. The van der Waals surface area contributed by atoms with Gasteiger partial charge >= 0.3 is 0 Å². The molecule has 0 aliphatic rings. The van der Waals surface area contributed by atoms with Gasteiger partial charge in [0.25, 0.3) is 20.0 Å². The van der Waals surface area contributed by atoms with Gasteiger partial charge in [0, 0.05) is 22.7 Å². The quantitative estimate of drug-likeness (QED) is 0.210. The number of nitrogens with zero attached hydrogens (tertiary/aromatic N) is 2. The summed E-state index contributed by atoms with van der Waals surface area (Å²) in [6.45, 7) is 3.69. The summed E-state index contributed by atoms with van der Waals surface area (Å²) in [5.74, 6) is 5.81. The van der Waals surface area contributed by atoms with Crippen molar-refractivity contribution in [1.82, 2.24) is 8.44 Å². The lowest BCUT2D eigenvalue weighted by Crippen LogP contribution is -2.31. The van der Waals surface area contributed by atoms with Crippen LogP contribution in [0.1, 0.15) is 28.3 Å². The summed E-state index contributed by atoms with van der Waals surface area (Å²) in [7, 11) is -8.49. The third-order valence-corrected chi connectivity index (χ3v) is 9.75. The maximum absolute atomic E-state index is 13.7. The average molecular weight is 571 g/mol. The van der Waals surface area contributed by atoms with E-state index in [1.165, 1.54) is 30.5 Å². The molecule has 0 saturated carbocycles. The molecule has 0 radical (unpaired) electrons. The van der Waals surface area contributed by atoms with Gasteiger partial charge in [-0.15, -0.1) is 0 Å². The number of benzene rings is 4. The molecule has 1 N–H and O–H groups in total. The number of hydroxylamine groups is 1. The van der Waals surface area contributed by atoms with E-state index in [4.69, 9.17) is 0 Å². The highest BCUT2D eigenvalue weighted by atomic mass is 32.2. The van der Waals surface area contributed by atoms with E-state index in [0.29, 0.717) is 16.5 Å². The number of sulfonamides is 1. The van der Waals surface area contributed by atoms with Gasteiger partial charge in [0.2, 0.25) is 0 Å². The van der Waals surface area contributed by atoms with Crippen molar-refractivity contribution in [3.8, 4) is 11.8 Å². The molecule has 7 nitrogen and oxygen atoms in total. The van der Waals surface area contributed by atoms with Crippen LogP contribution in [0.4, 0.5) is 0 Å². The van der Waals surface area contributed by atoms with E-state index in [1.54, 1.807) is 72.8 Å². The minimum atomic E-state index is -4.43. The van der Waals surface area contributed by atoms with Gasteiger partial charge in [0.1, 0.15) is 6.04 Å². The molecule has 0 saturated heterocycles. The normalized spacial score (nSPS) is 12.7. The number of aromatic nitrogens is 1. The molecule has 9 heteroatoms. The molecule has 5 aromatic rings. The molecule has 0 amide bonds. The first-order chi connectivity index (χ1) is 19.1. The monoisotopic (exact) mass is 570 g/mol. The lowest BCUT2D eigenvalue weighted by atomic mass is 10.1. The lowest BCUT2D eigenvalue weighted by molar-refractivity contribution is -0.0182. The van der Waals surface area contributed by atoms with Crippen LogP contribution in [0.2, 0.25) is 0 Å². The first-order valence-corrected chi connectivity index (χ1v) is 15.3. The van der Waals surface area contributed by atoms with Crippen LogP contribution in [0, 0.1) is 25.7 Å². The van der Waals surface area contributed by atoms with Crippen LogP contribution in [0.3, 0.4) is 0 Å². The third kappa shape index (κ3) is 5.18. The largest absolute Gasteiger partial charge is 0.298 e. The maximum atomic E-state index is 13.7. The Morgan fingerprint density at radius 1 is 0.725 bits per heavy atom. The van der Waals surface area contributed by atoms with Crippen LogP contribution in [0.5, 0.6) is 0 Å². The van der Waals surface area contributed by atoms with Crippen molar-refractivity contribution < 1.29 is 22.0 Å². The Balaban J connectivity index is 1.72. The van der Waals surface area contributed by atoms with Crippen molar-refractivity contribution in [3.05, 3.63) is 132 Å². The zero-order chi connectivity index (χ0) is 28.5. The van der Waals surface area contributed by atoms with Crippen LogP contribution in [0.25, 0.3) is 10.9 Å². The van der Waals surface area contributed by atoms with Crippen LogP contribution >= 0.6 is 0 Å². The van der Waals surface area contributed by atoms with E-state index in [1.807, 2.05) is 19.9 Å². The van der Waals surface area contributed by atoms with Crippen LogP contribution in [-0.2, 0) is 20.0 Å². The van der Waals surface area contributed by atoms with Gasteiger partial charge in [-0.3, -0.25) is 5.21 Å². The summed E-state index contributed by atoms with van der Waals surface area (Å²) in [4.78, 5) is -0.0476. The summed E-state index contributed by atoms with van der Waals surface area (Å²) in [5, 5.41) is 11.7. The maximum Gasteiger partial charge on any atom is 0.268 e. The predicted octanol–water partition coefficient (Wildman–Crippen LogP) is 5.67. The Bertz CT molecular complexity index is 1950. The molecule has 1 unspecified atom stereocenters. The van der Waals surface area contributed by atoms with Crippen molar-refractivity contribution in [2.24, 2.45) is 0 Å². The molecule has 0 fully saturated rings. The molecule has 202 valence electrons. The molecule has 0 bridgehead atoms. The molecule has 1 aromatic heterocycles. The highest BCUT2D eigenvalue weighted by Crippen LogP contribution is 2.34. The van der Waals surface area contributed by atoms with Gasteiger partial charge in [-0.2, -0.15) is 0 Å². The number of hydrogen-bond donors (Lipinski definition) is 1.